The number of amides is 2. The molecule has 0 radical (unpaired) electrons. The van der Waals surface area contributed by atoms with Crippen LogP contribution in [0.4, 0.5) is 24.5 Å². The van der Waals surface area contributed by atoms with Gasteiger partial charge in [0.2, 0.25) is 11.8 Å². The van der Waals surface area contributed by atoms with Gasteiger partial charge in [0.1, 0.15) is 0 Å². The summed E-state index contributed by atoms with van der Waals surface area (Å²) in [5, 5.41) is 2.94. The third kappa shape index (κ3) is 4.20. The Morgan fingerprint density at radius 1 is 1.15 bits per heavy atom. The molecule has 1 N–H and O–H groups in total. The second-order valence-corrected chi connectivity index (χ2v) is 6.88. The van der Waals surface area contributed by atoms with Crippen LogP contribution in [0.1, 0.15) is 12.0 Å². The Hall–Kier alpha value is -2.25. The molecule has 27 heavy (non-hydrogen) atoms. The van der Waals surface area contributed by atoms with Crippen LogP contribution in [-0.2, 0) is 15.8 Å². The third-order valence-electron chi connectivity index (χ3n) is 4.19. The standard InChI is InChI=1S/C18H13Cl2F3N2O2/c19-11-5-6-13(20)15(8-11)25-9-10(7-16(25)26)17(27)24-14-4-2-1-3-12(14)18(21,22)23/h1-6,8,10H,7,9H2,(H,24,27)/t10-/m1/s1. The Morgan fingerprint density at radius 3 is 2.56 bits per heavy atom. The summed E-state index contributed by atoms with van der Waals surface area (Å²) >= 11 is 12.0. The molecule has 1 fully saturated rings. The second-order valence-electron chi connectivity index (χ2n) is 6.03. The zero-order valence-corrected chi connectivity index (χ0v) is 15.2. The van der Waals surface area contributed by atoms with E-state index in [0.717, 1.165) is 6.07 Å². The van der Waals surface area contributed by atoms with Gasteiger partial charge in [-0.05, 0) is 30.3 Å². The Labute approximate surface area is 162 Å². The quantitative estimate of drug-likeness (QED) is 0.764. The van der Waals surface area contributed by atoms with E-state index < -0.39 is 23.6 Å². The molecule has 1 heterocycles. The van der Waals surface area contributed by atoms with Crippen molar-refractivity contribution in [2.24, 2.45) is 5.92 Å². The number of anilines is 2. The molecule has 0 unspecified atom stereocenters. The number of carbonyl (C=O) groups is 2. The highest BCUT2D eigenvalue weighted by Crippen LogP contribution is 2.36. The summed E-state index contributed by atoms with van der Waals surface area (Å²) in [4.78, 5) is 26.1. The van der Waals surface area contributed by atoms with Crippen molar-refractivity contribution in [3.8, 4) is 0 Å². The van der Waals surface area contributed by atoms with Gasteiger partial charge in [0.05, 0.1) is 27.9 Å². The SMILES string of the molecule is O=C(Nc1ccccc1C(F)(F)F)[C@@H]1CC(=O)N(c2cc(Cl)ccc2Cl)C1. The van der Waals surface area contributed by atoms with Crippen LogP contribution in [0.15, 0.2) is 42.5 Å². The molecule has 2 aromatic carbocycles. The first kappa shape index (κ1) is 19.5. The van der Waals surface area contributed by atoms with E-state index >= 15 is 0 Å². The van der Waals surface area contributed by atoms with E-state index in [0.29, 0.717) is 10.7 Å². The Kier molecular flexibility index (Phi) is 5.35. The molecule has 2 aromatic rings. The molecule has 1 aliphatic rings. The van der Waals surface area contributed by atoms with E-state index in [1.54, 1.807) is 6.07 Å². The van der Waals surface area contributed by atoms with Gasteiger partial charge in [0, 0.05) is 18.0 Å². The van der Waals surface area contributed by atoms with Gasteiger partial charge in [0.25, 0.3) is 0 Å². The molecule has 1 aliphatic heterocycles. The molecule has 1 saturated heterocycles. The number of rotatable bonds is 3. The van der Waals surface area contributed by atoms with E-state index in [-0.39, 0.29) is 29.6 Å². The highest BCUT2D eigenvalue weighted by molar-refractivity contribution is 6.36. The minimum absolute atomic E-state index is 0.00108. The van der Waals surface area contributed by atoms with E-state index in [4.69, 9.17) is 23.2 Å². The number of carbonyl (C=O) groups excluding carboxylic acids is 2. The summed E-state index contributed by atoms with van der Waals surface area (Å²) in [6.07, 6.45) is -4.74. The first-order valence-corrected chi connectivity index (χ1v) is 8.65. The number of hydrogen-bond donors (Lipinski definition) is 1. The molecule has 4 nitrogen and oxygen atoms in total. The van der Waals surface area contributed by atoms with Crippen LogP contribution in [0.25, 0.3) is 0 Å². The van der Waals surface area contributed by atoms with Crippen LogP contribution < -0.4 is 10.2 Å². The van der Waals surface area contributed by atoms with E-state index in [1.807, 2.05) is 0 Å². The molecule has 1 atom stereocenters. The molecule has 0 saturated carbocycles. The van der Waals surface area contributed by atoms with E-state index in [9.17, 15) is 22.8 Å². The van der Waals surface area contributed by atoms with Crippen molar-refractivity contribution in [2.75, 3.05) is 16.8 Å². The number of alkyl halides is 3. The summed E-state index contributed by atoms with van der Waals surface area (Å²) in [5.74, 6) is -1.84. The van der Waals surface area contributed by atoms with Crippen molar-refractivity contribution in [1.82, 2.24) is 0 Å². The molecule has 0 aliphatic carbocycles. The third-order valence-corrected chi connectivity index (χ3v) is 4.74. The van der Waals surface area contributed by atoms with Crippen molar-refractivity contribution in [2.45, 2.75) is 12.6 Å². The van der Waals surface area contributed by atoms with Crippen molar-refractivity contribution < 1.29 is 22.8 Å². The summed E-state index contributed by atoms with van der Waals surface area (Å²) in [6, 6.07) is 9.27. The summed E-state index contributed by atoms with van der Waals surface area (Å²) in [7, 11) is 0. The highest BCUT2D eigenvalue weighted by atomic mass is 35.5. The Balaban J connectivity index is 1.78. The number of nitrogens with zero attached hydrogens (tertiary/aromatic N) is 1. The molecule has 3 rings (SSSR count). The van der Waals surface area contributed by atoms with Gasteiger partial charge < -0.3 is 10.2 Å². The van der Waals surface area contributed by atoms with Crippen LogP contribution in [0, 0.1) is 5.92 Å². The first-order chi connectivity index (χ1) is 12.7. The lowest BCUT2D eigenvalue weighted by molar-refractivity contribution is -0.137. The fraction of sp³-hybridized carbons (Fsp3) is 0.222. The predicted octanol–water partition coefficient (Wildman–Crippen LogP) is 5.00. The molecule has 0 aromatic heterocycles. The minimum Gasteiger partial charge on any atom is -0.325 e. The van der Waals surface area contributed by atoms with E-state index in [1.165, 1.54) is 35.2 Å². The normalized spacial score (nSPS) is 17.3. The lowest BCUT2D eigenvalue weighted by Gasteiger charge is -2.19. The molecular formula is C18H13Cl2F3N2O2. The first-order valence-electron chi connectivity index (χ1n) is 7.89. The van der Waals surface area contributed by atoms with Crippen LogP contribution in [0.5, 0.6) is 0 Å². The zero-order chi connectivity index (χ0) is 19.8. The molecule has 142 valence electrons. The number of nitrogens with one attached hydrogen (secondary N) is 1. The minimum atomic E-state index is -4.60. The van der Waals surface area contributed by atoms with Crippen molar-refractivity contribution in [3.63, 3.8) is 0 Å². The predicted molar refractivity (Wildman–Crippen MR) is 97.0 cm³/mol. The monoisotopic (exact) mass is 416 g/mol. The van der Waals surface area contributed by atoms with Crippen LogP contribution >= 0.6 is 23.2 Å². The molecule has 9 heteroatoms. The summed E-state index contributed by atoms with van der Waals surface area (Å²) in [6.45, 7) is -0.00108. The number of halogens is 5. The van der Waals surface area contributed by atoms with Gasteiger partial charge in [-0.15, -0.1) is 0 Å². The molecule has 2 amide bonds. The average Bonchev–Trinajstić information content (AvgIpc) is 2.98. The maximum absolute atomic E-state index is 13.1. The van der Waals surface area contributed by atoms with Crippen LogP contribution in [0.3, 0.4) is 0 Å². The van der Waals surface area contributed by atoms with Crippen molar-refractivity contribution in [1.29, 1.82) is 0 Å². The summed E-state index contributed by atoms with van der Waals surface area (Å²) in [5.41, 5.74) is -0.931. The van der Waals surface area contributed by atoms with Gasteiger partial charge in [-0.2, -0.15) is 13.2 Å². The molecule has 0 spiro atoms. The molecule has 0 bridgehead atoms. The van der Waals surface area contributed by atoms with Gasteiger partial charge in [-0.3, -0.25) is 9.59 Å². The fourth-order valence-corrected chi connectivity index (χ4v) is 3.27. The van der Waals surface area contributed by atoms with E-state index in [2.05, 4.69) is 5.32 Å². The topological polar surface area (TPSA) is 49.4 Å². The zero-order valence-electron chi connectivity index (χ0n) is 13.7. The largest absolute Gasteiger partial charge is 0.418 e. The maximum Gasteiger partial charge on any atom is 0.418 e. The number of hydrogen-bond acceptors (Lipinski definition) is 2. The van der Waals surface area contributed by atoms with Gasteiger partial charge in [0.15, 0.2) is 0 Å². The van der Waals surface area contributed by atoms with Gasteiger partial charge in [-0.1, -0.05) is 35.3 Å². The number of para-hydroxylation sites is 1. The fourth-order valence-electron chi connectivity index (χ4n) is 2.88. The van der Waals surface area contributed by atoms with Crippen LogP contribution in [-0.4, -0.2) is 18.4 Å². The summed E-state index contributed by atoms with van der Waals surface area (Å²) < 4.78 is 39.2. The maximum atomic E-state index is 13.1. The average molecular weight is 417 g/mol. The van der Waals surface area contributed by atoms with Gasteiger partial charge >= 0.3 is 6.18 Å². The smallest absolute Gasteiger partial charge is 0.325 e. The van der Waals surface area contributed by atoms with Crippen LogP contribution in [0.2, 0.25) is 10.0 Å². The highest BCUT2D eigenvalue weighted by Gasteiger charge is 2.38. The Bertz CT molecular complexity index is 902. The van der Waals surface area contributed by atoms with Gasteiger partial charge in [-0.25, -0.2) is 0 Å². The molecular weight excluding hydrogens is 404 g/mol. The van der Waals surface area contributed by atoms with Crippen molar-refractivity contribution in [3.05, 3.63) is 58.1 Å². The second kappa shape index (κ2) is 7.40. The Morgan fingerprint density at radius 2 is 1.85 bits per heavy atom. The number of benzene rings is 2. The lowest BCUT2D eigenvalue weighted by Crippen LogP contribution is -2.28. The lowest BCUT2D eigenvalue weighted by atomic mass is 10.1. The van der Waals surface area contributed by atoms with Crippen molar-refractivity contribution >= 4 is 46.4 Å².